The highest BCUT2D eigenvalue weighted by Crippen LogP contribution is 2.82. The summed E-state index contributed by atoms with van der Waals surface area (Å²) < 4.78 is 16.0. The van der Waals surface area contributed by atoms with E-state index >= 15 is 0 Å². The Hall–Kier alpha value is -3.03. The van der Waals surface area contributed by atoms with Crippen LogP contribution in [-0.2, 0) is 6.42 Å². The number of aromatic nitrogens is 4. The molecule has 3 aliphatic heterocycles. The van der Waals surface area contributed by atoms with Crippen molar-refractivity contribution in [3.05, 3.63) is 53.4 Å². The first-order valence-corrected chi connectivity index (χ1v) is 11.3. The van der Waals surface area contributed by atoms with Crippen LogP contribution in [0.1, 0.15) is 46.9 Å². The number of hydrogen-bond donors (Lipinski definition) is 1. The summed E-state index contributed by atoms with van der Waals surface area (Å²) in [6, 6.07) is 4.33. The molecule has 4 bridgehead atoms. The monoisotopic (exact) mass is 416 g/mol. The highest BCUT2D eigenvalue weighted by molar-refractivity contribution is 6.00. The van der Waals surface area contributed by atoms with E-state index in [0.717, 1.165) is 42.8 Å². The van der Waals surface area contributed by atoms with Gasteiger partial charge in [0.05, 0.1) is 18.4 Å². The summed E-state index contributed by atoms with van der Waals surface area (Å²) in [5, 5.41) is 7.59. The first-order chi connectivity index (χ1) is 15.2. The molecule has 2 saturated heterocycles. The van der Waals surface area contributed by atoms with Crippen molar-refractivity contribution in [3.63, 3.8) is 0 Å². The Morgan fingerprint density at radius 2 is 2.00 bits per heavy atom. The number of amides is 1. The van der Waals surface area contributed by atoms with Crippen molar-refractivity contribution in [2.24, 2.45) is 23.7 Å². The van der Waals surface area contributed by atoms with Gasteiger partial charge in [0.15, 0.2) is 5.65 Å². The molecule has 3 saturated carbocycles. The van der Waals surface area contributed by atoms with Crippen molar-refractivity contribution in [2.45, 2.75) is 43.8 Å². The number of carbonyl (C=O) groups is 1. The van der Waals surface area contributed by atoms with E-state index < -0.39 is 0 Å². The smallest absolute Gasteiger partial charge is 0.256 e. The maximum Gasteiger partial charge on any atom is 0.256 e. The van der Waals surface area contributed by atoms with Crippen LogP contribution in [0.5, 0.6) is 0 Å². The molecule has 6 heterocycles. The van der Waals surface area contributed by atoms with E-state index in [9.17, 15) is 9.18 Å². The van der Waals surface area contributed by atoms with Crippen LogP contribution in [0.4, 0.5) is 10.2 Å². The quantitative estimate of drug-likeness (QED) is 0.660. The second kappa shape index (κ2) is 5.41. The Kier molecular flexibility index (Phi) is 2.90. The fourth-order valence-electron chi connectivity index (χ4n) is 6.43. The Bertz CT molecular complexity index is 1270. The number of halogens is 1. The largest absolute Gasteiger partial charge is 0.349 e. The van der Waals surface area contributed by atoms with E-state index in [1.54, 1.807) is 16.8 Å². The van der Waals surface area contributed by atoms with Crippen molar-refractivity contribution in [1.29, 1.82) is 0 Å². The van der Waals surface area contributed by atoms with E-state index in [2.05, 4.69) is 20.3 Å². The molecule has 31 heavy (non-hydrogen) atoms. The lowest BCUT2D eigenvalue weighted by Crippen LogP contribution is -2.37. The molecule has 6 aliphatic rings. The number of carbonyl (C=O) groups excluding carboxylic acids is 1. The van der Waals surface area contributed by atoms with E-state index in [-0.39, 0.29) is 23.8 Å². The van der Waals surface area contributed by atoms with Crippen LogP contribution in [0.2, 0.25) is 0 Å². The summed E-state index contributed by atoms with van der Waals surface area (Å²) in [7, 11) is 0. The number of nitrogens with one attached hydrogen (secondary N) is 1. The molecule has 2 unspecified atom stereocenters. The molecule has 3 aromatic rings. The van der Waals surface area contributed by atoms with E-state index in [1.165, 1.54) is 6.20 Å². The summed E-state index contributed by atoms with van der Waals surface area (Å²) in [4.78, 5) is 24.9. The first kappa shape index (κ1) is 16.6. The van der Waals surface area contributed by atoms with Gasteiger partial charge in [0.2, 0.25) is 0 Å². The third kappa shape index (κ3) is 2.17. The van der Waals surface area contributed by atoms with Gasteiger partial charge in [-0.2, -0.15) is 5.10 Å². The molecule has 1 N–H and O–H groups in total. The molecule has 9 rings (SSSR count). The van der Waals surface area contributed by atoms with E-state index in [0.29, 0.717) is 40.9 Å². The Labute approximate surface area is 177 Å². The van der Waals surface area contributed by atoms with Crippen molar-refractivity contribution in [1.82, 2.24) is 24.9 Å². The molecular weight excluding hydrogens is 395 g/mol. The summed E-state index contributed by atoms with van der Waals surface area (Å²) in [6.45, 7) is 0. The average molecular weight is 416 g/mol. The topological polar surface area (TPSA) is 75.4 Å². The fraction of sp³-hybridized carbons (Fsp3) is 0.478. The van der Waals surface area contributed by atoms with Crippen molar-refractivity contribution < 1.29 is 9.18 Å². The van der Waals surface area contributed by atoms with E-state index in [1.807, 2.05) is 12.3 Å². The lowest BCUT2D eigenvalue weighted by atomic mass is 9.95. The second-order valence-electron chi connectivity index (χ2n) is 9.83. The molecule has 6 atom stereocenters. The molecular formula is C23H21FN6O. The Morgan fingerprint density at radius 1 is 1.13 bits per heavy atom. The van der Waals surface area contributed by atoms with Crippen LogP contribution < -0.4 is 10.2 Å². The molecule has 0 aromatic carbocycles. The number of hydrogen-bond acceptors (Lipinski definition) is 5. The van der Waals surface area contributed by atoms with Gasteiger partial charge in [-0.3, -0.25) is 9.78 Å². The van der Waals surface area contributed by atoms with Crippen molar-refractivity contribution in [2.75, 3.05) is 4.90 Å². The number of aryl methyl sites for hydroxylation is 1. The van der Waals surface area contributed by atoms with Crippen LogP contribution >= 0.6 is 0 Å². The Morgan fingerprint density at radius 3 is 2.84 bits per heavy atom. The Balaban J connectivity index is 1.33. The predicted molar refractivity (Wildman–Crippen MR) is 109 cm³/mol. The molecule has 1 amide bonds. The minimum atomic E-state index is -0.282. The van der Waals surface area contributed by atoms with E-state index in [4.69, 9.17) is 4.98 Å². The summed E-state index contributed by atoms with van der Waals surface area (Å²) in [6.07, 6.45) is 8.64. The van der Waals surface area contributed by atoms with Gasteiger partial charge in [0, 0.05) is 24.0 Å². The number of pyridine rings is 1. The van der Waals surface area contributed by atoms with Gasteiger partial charge >= 0.3 is 0 Å². The van der Waals surface area contributed by atoms with Gasteiger partial charge in [-0.15, -0.1) is 0 Å². The van der Waals surface area contributed by atoms with Gasteiger partial charge < -0.3 is 10.2 Å². The minimum Gasteiger partial charge on any atom is -0.349 e. The van der Waals surface area contributed by atoms with Gasteiger partial charge in [0.1, 0.15) is 17.2 Å². The molecule has 0 radical (unpaired) electrons. The molecule has 156 valence electrons. The molecule has 5 fully saturated rings. The molecule has 7 nitrogen and oxygen atoms in total. The second-order valence-corrected chi connectivity index (χ2v) is 9.83. The lowest BCUT2D eigenvalue weighted by Gasteiger charge is -2.27. The maximum atomic E-state index is 14.3. The first-order valence-electron chi connectivity index (χ1n) is 11.3. The number of fused-ring (bicyclic) bond motifs is 2. The molecule has 0 spiro atoms. The average Bonchev–Trinajstić information content (AvgIpc) is 3.72. The molecule has 3 aromatic heterocycles. The molecule has 8 heteroatoms. The predicted octanol–water partition coefficient (Wildman–Crippen LogP) is 2.52. The number of rotatable bonds is 1. The van der Waals surface area contributed by atoms with Crippen molar-refractivity contribution in [3.8, 4) is 0 Å². The lowest BCUT2D eigenvalue weighted by molar-refractivity contribution is 0.0931. The zero-order valence-electron chi connectivity index (χ0n) is 16.8. The van der Waals surface area contributed by atoms with Crippen LogP contribution in [-0.4, -0.2) is 37.6 Å². The van der Waals surface area contributed by atoms with Gasteiger partial charge in [-0.05, 0) is 67.1 Å². The fourth-order valence-corrected chi connectivity index (χ4v) is 6.43. The summed E-state index contributed by atoms with van der Waals surface area (Å²) in [5.41, 5.74) is 3.07. The SMILES string of the molecule is O=C1N[C@H](C2CC2)CCc2ncc(F)cc2[C@H]2[C@@H]3C4C([C@@H]43)N2c2ccn3ncc1c3n2. The normalized spacial score (nSPS) is 34.9. The zero-order chi connectivity index (χ0) is 20.4. The standard InChI is InChI=1S/C23H21FN6O/c24-11-7-12-15(25-8-11)4-3-14(10-1-2-10)27-23(31)13-9-26-29-6-5-16(28-22(13)29)30-20(12)17-18-19(17)21(18)30/h5-10,14,17-21H,1-4H2,(H,27,31)/t14-,17-,18+,19?,20-,21?/m0/s1. The minimum absolute atomic E-state index is 0.0880. The van der Waals surface area contributed by atoms with Gasteiger partial charge in [-0.1, -0.05) is 0 Å². The van der Waals surface area contributed by atoms with Crippen LogP contribution in [0.15, 0.2) is 30.7 Å². The van der Waals surface area contributed by atoms with Gasteiger partial charge in [0.25, 0.3) is 5.91 Å². The van der Waals surface area contributed by atoms with Crippen LogP contribution in [0, 0.1) is 29.5 Å². The molecule has 3 aliphatic carbocycles. The number of nitrogens with zero attached hydrogens (tertiary/aromatic N) is 5. The third-order valence-corrected chi connectivity index (χ3v) is 8.18. The zero-order valence-corrected chi connectivity index (χ0v) is 16.8. The highest BCUT2D eigenvalue weighted by atomic mass is 19.1. The van der Waals surface area contributed by atoms with Crippen LogP contribution in [0.25, 0.3) is 5.65 Å². The van der Waals surface area contributed by atoms with Crippen molar-refractivity contribution >= 4 is 17.4 Å². The van der Waals surface area contributed by atoms with Crippen LogP contribution in [0.3, 0.4) is 0 Å². The summed E-state index contributed by atoms with van der Waals surface area (Å²) in [5.74, 6) is 2.91. The number of anilines is 1. The third-order valence-electron chi connectivity index (χ3n) is 8.18. The number of piperidine rings is 1. The highest BCUT2D eigenvalue weighted by Gasteiger charge is 2.84. The maximum absolute atomic E-state index is 14.3. The van der Waals surface area contributed by atoms with Gasteiger partial charge in [-0.25, -0.2) is 13.9 Å². The summed E-state index contributed by atoms with van der Waals surface area (Å²) >= 11 is 0.